The van der Waals surface area contributed by atoms with E-state index in [9.17, 15) is 9.59 Å². The SMILES string of the molecule is CC(=O)N(C)CC(=O)NCC(C)C. The Hall–Kier alpha value is -1.06. The smallest absolute Gasteiger partial charge is 0.239 e. The number of nitrogens with zero attached hydrogens (tertiary/aromatic N) is 1. The average Bonchev–Trinajstić information content (AvgIpc) is 2.00. The molecule has 0 rings (SSSR count). The summed E-state index contributed by atoms with van der Waals surface area (Å²) in [4.78, 5) is 23.3. The first-order valence-corrected chi connectivity index (χ1v) is 4.42. The molecule has 0 aliphatic carbocycles. The number of hydrogen-bond acceptors (Lipinski definition) is 2. The van der Waals surface area contributed by atoms with Crippen molar-refractivity contribution in [3.8, 4) is 0 Å². The van der Waals surface area contributed by atoms with Crippen molar-refractivity contribution in [2.24, 2.45) is 5.92 Å². The molecule has 0 heterocycles. The summed E-state index contributed by atoms with van der Waals surface area (Å²) in [5.41, 5.74) is 0. The lowest BCUT2D eigenvalue weighted by Gasteiger charge is -2.14. The molecule has 0 unspecified atom stereocenters. The first-order valence-electron chi connectivity index (χ1n) is 4.42. The first kappa shape index (κ1) is 11.9. The predicted octanol–water partition coefficient (Wildman–Crippen LogP) is 0.237. The quantitative estimate of drug-likeness (QED) is 0.683. The summed E-state index contributed by atoms with van der Waals surface area (Å²) >= 11 is 0. The summed E-state index contributed by atoms with van der Waals surface area (Å²) in [7, 11) is 1.61. The van der Waals surface area contributed by atoms with Crippen LogP contribution >= 0.6 is 0 Å². The van der Waals surface area contributed by atoms with Crippen molar-refractivity contribution >= 4 is 11.8 Å². The largest absolute Gasteiger partial charge is 0.354 e. The van der Waals surface area contributed by atoms with Crippen molar-refractivity contribution in [2.75, 3.05) is 20.1 Å². The molecule has 4 heteroatoms. The summed E-state index contributed by atoms with van der Waals surface area (Å²) < 4.78 is 0. The van der Waals surface area contributed by atoms with E-state index in [1.54, 1.807) is 7.05 Å². The highest BCUT2D eigenvalue weighted by atomic mass is 16.2. The third kappa shape index (κ3) is 6.13. The highest BCUT2D eigenvalue weighted by Gasteiger charge is 2.08. The lowest BCUT2D eigenvalue weighted by molar-refractivity contribution is -0.133. The summed E-state index contributed by atoms with van der Waals surface area (Å²) in [5, 5.41) is 2.74. The number of amides is 2. The average molecular weight is 186 g/mol. The van der Waals surface area contributed by atoms with Crippen molar-refractivity contribution in [1.29, 1.82) is 0 Å². The number of carbonyl (C=O) groups excluding carboxylic acids is 2. The van der Waals surface area contributed by atoms with E-state index in [-0.39, 0.29) is 18.4 Å². The van der Waals surface area contributed by atoms with Crippen LogP contribution in [0.4, 0.5) is 0 Å². The van der Waals surface area contributed by atoms with Crippen LogP contribution in [0.5, 0.6) is 0 Å². The van der Waals surface area contributed by atoms with Crippen molar-refractivity contribution in [1.82, 2.24) is 10.2 Å². The second-order valence-electron chi connectivity index (χ2n) is 3.57. The van der Waals surface area contributed by atoms with E-state index in [0.717, 1.165) is 0 Å². The Balaban J connectivity index is 3.68. The van der Waals surface area contributed by atoms with Gasteiger partial charge in [0.15, 0.2) is 0 Å². The molecule has 0 spiro atoms. The monoisotopic (exact) mass is 186 g/mol. The number of hydrogen-bond donors (Lipinski definition) is 1. The molecule has 0 aliphatic heterocycles. The molecular formula is C9H18N2O2. The topological polar surface area (TPSA) is 49.4 Å². The summed E-state index contributed by atoms with van der Waals surface area (Å²) in [6.45, 7) is 6.28. The molecular weight excluding hydrogens is 168 g/mol. The molecule has 1 N–H and O–H groups in total. The Morgan fingerprint density at radius 1 is 1.38 bits per heavy atom. The van der Waals surface area contributed by atoms with Crippen LogP contribution in [0.1, 0.15) is 20.8 Å². The lowest BCUT2D eigenvalue weighted by atomic mass is 10.2. The van der Waals surface area contributed by atoms with Crippen LogP contribution in [0.3, 0.4) is 0 Å². The van der Waals surface area contributed by atoms with E-state index in [2.05, 4.69) is 5.32 Å². The van der Waals surface area contributed by atoms with Crippen LogP contribution in [-0.2, 0) is 9.59 Å². The van der Waals surface area contributed by atoms with Crippen LogP contribution in [0.2, 0.25) is 0 Å². The summed E-state index contributed by atoms with van der Waals surface area (Å²) in [5.74, 6) is 0.234. The van der Waals surface area contributed by atoms with Gasteiger partial charge in [0.2, 0.25) is 11.8 Å². The molecule has 2 amide bonds. The zero-order valence-corrected chi connectivity index (χ0v) is 8.76. The minimum absolute atomic E-state index is 0.0975. The number of nitrogens with one attached hydrogen (secondary N) is 1. The normalized spacial score (nSPS) is 9.92. The van der Waals surface area contributed by atoms with Gasteiger partial charge in [0, 0.05) is 20.5 Å². The second-order valence-corrected chi connectivity index (χ2v) is 3.57. The van der Waals surface area contributed by atoms with Gasteiger partial charge in [0.05, 0.1) is 6.54 Å². The molecule has 0 fully saturated rings. The molecule has 4 nitrogen and oxygen atoms in total. The van der Waals surface area contributed by atoms with Crippen molar-refractivity contribution in [2.45, 2.75) is 20.8 Å². The van der Waals surface area contributed by atoms with Crippen LogP contribution in [0.25, 0.3) is 0 Å². The molecule has 0 aromatic rings. The van der Waals surface area contributed by atoms with Gasteiger partial charge in [0.1, 0.15) is 0 Å². The molecule has 0 bridgehead atoms. The van der Waals surface area contributed by atoms with Gasteiger partial charge >= 0.3 is 0 Å². The van der Waals surface area contributed by atoms with E-state index in [1.165, 1.54) is 11.8 Å². The minimum Gasteiger partial charge on any atom is -0.354 e. The summed E-state index contributed by atoms with van der Waals surface area (Å²) in [6, 6.07) is 0. The maximum absolute atomic E-state index is 11.2. The highest BCUT2D eigenvalue weighted by Crippen LogP contribution is 1.88. The Morgan fingerprint density at radius 2 is 1.92 bits per heavy atom. The third-order valence-electron chi connectivity index (χ3n) is 1.63. The Morgan fingerprint density at radius 3 is 2.31 bits per heavy atom. The van der Waals surface area contributed by atoms with Crippen LogP contribution < -0.4 is 5.32 Å². The van der Waals surface area contributed by atoms with E-state index in [4.69, 9.17) is 0 Å². The van der Waals surface area contributed by atoms with Crippen LogP contribution in [-0.4, -0.2) is 36.9 Å². The number of carbonyl (C=O) groups is 2. The molecule has 0 saturated carbocycles. The Labute approximate surface area is 79.3 Å². The Bertz CT molecular complexity index is 190. The van der Waals surface area contributed by atoms with Crippen molar-refractivity contribution in [3.63, 3.8) is 0 Å². The van der Waals surface area contributed by atoms with Gasteiger partial charge in [-0.25, -0.2) is 0 Å². The zero-order valence-electron chi connectivity index (χ0n) is 8.76. The van der Waals surface area contributed by atoms with Gasteiger partial charge in [-0.1, -0.05) is 13.8 Å². The van der Waals surface area contributed by atoms with Gasteiger partial charge < -0.3 is 10.2 Å². The molecule has 0 atom stereocenters. The number of rotatable bonds is 4. The molecule has 13 heavy (non-hydrogen) atoms. The molecule has 0 aromatic heterocycles. The van der Waals surface area contributed by atoms with Gasteiger partial charge in [-0.3, -0.25) is 9.59 Å². The minimum atomic E-state index is -0.105. The van der Waals surface area contributed by atoms with Crippen LogP contribution in [0.15, 0.2) is 0 Å². The standard InChI is InChI=1S/C9H18N2O2/c1-7(2)5-10-9(13)6-11(4)8(3)12/h7H,5-6H2,1-4H3,(H,10,13). The van der Waals surface area contributed by atoms with E-state index in [0.29, 0.717) is 12.5 Å². The van der Waals surface area contributed by atoms with E-state index >= 15 is 0 Å². The van der Waals surface area contributed by atoms with E-state index in [1.807, 2.05) is 13.8 Å². The number of likely N-dealkylation sites (N-methyl/N-ethyl adjacent to an activating group) is 1. The maximum Gasteiger partial charge on any atom is 0.239 e. The van der Waals surface area contributed by atoms with Crippen molar-refractivity contribution in [3.05, 3.63) is 0 Å². The van der Waals surface area contributed by atoms with Crippen molar-refractivity contribution < 1.29 is 9.59 Å². The molecule has 0 aliphatic rings. The van der Waals surface area contributed by atoms with Gasteiger partial charge in [-0.05, 0) is 5.92 Å². The van der Waals surface area contributed by atoms with Crippen LogP contribution in [0, 0.1) is 5.92 Å². The predicted molar refractivity (Wildman–Crippen MR) is 51.2 cm³/mol. The van der Waals surface area contributed by atoms with Gasteiger partial charge in [-0.2, -0.15) is 0 Å². The fourth-order valence-electron chi connectivity index (χ4n) is 0.701. The second kappa shape index (κ2) is 5.56. The fraction of sp³-hybridized carbons (Fsp3) is 0.778. The first-order chi connectivity index (χ1) is 5.93. The van der Waals surface area contributed by atoms with E-state index < -0.39 is 0 Å². The lowest BCUT2D eigenvalue weighted by Crippen LogP contribution is -2.38. The molecule has 0 saturated heterocycles. The molecule has 0 radical (unpaired) electrons. The maximum atomic E-state index is 11.2. The fourth-order valence-corrected chi connectivity index (χ4v) is 0.701. The third-order valence-corrected chi connectivity index (χ3v) is 1.63. The van der Waals surface area contributed by atoms with Gasteiger partial charge in [-0.15, -0.1) is 0 Å². The molecule has 76 valence electrons. The Kier molecular flexibility index (Phi) is 5.11. The molecule has 0 aromatic carbocycles. The van der Waals surface area contributed by atoms with Gasteiger partial charge in [0.25, 0.3) is 0 Å². The summed E-state index contributed by atoms with van der Waals surface area (Å²) in [6.07, 6.45) is 0. The zero-order chi connectivity index (χ0) is 10.4. The highest BCUT2D eigenvalue weighted by molar-refractivity contribution is 5.83.